The maximum atomic E-state index is 13.2. The van der Waals surface area contributed by atoms with Crippen LogP contribution in [0.4, 0.5) is 10.1 Å². The molecule has 80 valence electrons. The molecule has 5 heteroatoms. The molecule has 0 bridgehead atoms. The van der Waals surface area contributed by atoms with Gasteiger partial charge in [-0.15, -0.1) is 0 Å². The van der Waals surface area contributed by atoms with E-state index in [0.29, 0.717) is 21.9 Å². The largest absolute Gasteiger partial charge is 0.325 e. The highest BCUT2D eigenvalue weighted by molar-refractivity contribution is 7.85. The zero-order valence-electron chi connectivity index (χ0n) is 8.17. The summed E-state index contributed by atoms with van der Waals surface area (Å²) >= 11 is 0. The molecule has 1 aliphatic rings. The fraction of sp³-hybridized carbons (Fsp3) is 0.300. The maximum Gasteiger partial charge on any atom is 0.225 e. The van der Waals surface area contributed by atoms with Crippen molar-refractivity contribution in [2.75, 3.05) is 11.1 Å². The van der Waals surface area contributed by atoms with Crippen LogP contribution in [0.2, 0.25) is 0 Å². The third-order valence-corrected chi connectivity index (χ3v) is 3.70. The van der Waals surface area contributed by atoms with E-state index in [2.05, 4.69) is 5.32 Å². The van der Waals surface area contributed by atoms with Crippen molar-refractivity contribution in [2.24, 2.45) is 0 Å². The van der Waals surface area contributed by atoms with Crippen LogP contribution in [0, 0.1) is 12.7 Å². The van der Waals surface area contributed by atoms with E-state index in [1.165, 1.54) is 12.1 Å². The van der Waals surface area contributed by atoms with E-state index in [9.17, 15) is 13.4 Å². The van der Waals surface area contributed by atoms with Gasteiger partial charge in [-0.1, -0.05) is 0 Å². The van der Waals surface area contributed by atoms with Crippen molar-refractivity contribution in [1.82, 2.24) is 0 Å². The Morgan fingerprint density at radius 3 is 2.93 bits per heavy atom. The topological polar surface area (TPSA) is 46.2 Å². The lowest BCUT2D eigenvalue weighted by Gasteiger charge is -2.07. The van der Waals surface area contributed by atoms with Gasteiger partial charge in [-0.25, -0.2) is 4.39 Å². The predicted molar refractivity (Wildman–Crippen MR) is 55.7 cm³/mol. The number of hydrogen-bond acceptors (Lipinski definition) is 2. The standard InChI is InChI=1S/C10H10FNO2S/c1-6-4-9-8(5-7(6)11)12-10(13)2-3-15(9)14/h4-5H,2-3H2,1H3,(H,12,13). The summed E-state index contributed by atoms with van der Waals surface area (Å²) < 4.78 is 25.0. The normalized spacial score (nSPS) is 20.4. The average molecular weight is 227 g/mol. The minimum atomic E-state index is -1.22. The fourth-order valence-electron chi connectivity index (χ4n) is 1.45. The number of rotatable bonds is 0. The van der Waals surface area contributed by atoms with Gasteiger partial charge in [0.05, 0.1) is 21.4 Å². The molecule has 1 unspecified atom stereocenters. The van der Waals surface area contributed by atoms with E-state index in [1.807, 2.05) is 0 Å². The lowest BCUT2D eigenvalue weighted by molar-refractivity contribution is -0.115. The highest BCUT2D eigenvalue weighted by Gasteiger charge is 2.19. The molecule has 0 fully saturated rings. The first-order valence-electron chi connectivity index (χ1n) is 4.56. The van der Waals surface area contributed by atoms with E-state index in [4.69, 9.17) is 0 Å². The first-order valence-corrected chi connectivity index (χ1v) is 5.88. The second-order valence-corrected chi connectivity index (χ2v) is 4.98. The van der Waals surface area contributed by atoms with Crippen LogP contribution in [0.25, 0.3) is 0 Å². The van der Waals surface area contributed by atoms with Crippen molar-refractivity contribution in [3.05, 3.63) is 23.5 Å². The van der Waals surface area contributed by atoms with Crippen LogP contribution in [0.3, 0.4) is 0 Å². The van der Waals surface area contributed by atoms with Crippen molar-refractivity contribution in [2.45, 2.75) is 18.2 Å². The number of anilines is 1. The molecule has 1 aromatic carbocycles. The van der Waals surface area contributed by atoms with Gasteiger partial charge < -0.3 is 5.32 Å². The Kier molecular flexibility index (Phi) is 2.56. The zero-order valence-corrected chi connectivity index (χ0v) is 8.99. The Labute approximate surface area is 89.1 Å². The quantitative estimate of drug-likeness (QED) is 0.731. The number of benzene rings is 1. The summed E-state index contributed by atoms with van der Waals surface area (Å²) in [6, 6.07) is 2.76. The van der Waals surface area contributed by atoms with Gasteiger partial charge in [-0.2, -0.15) is 0 Å². The van der Waals surface area contributed by atoms with Crippen LogP contribution in [-0.4, -0.2) is 15.9 Å². The summed E-state index contributed by atoms with van der Waals surface area (Å²) in [5, 5.41) is 2.55. The Balaban J connectivity index is 2.57. The number of aryl methyl sites for hydroxylation is 1. The highest BCUT2D eigenvalue weighted by atomic mass is 32.2. The zero-order chi connectivity index (χ0) is 11.0. The fourth-order valence-corrected chi connectivity index (χ4v) is 2.70. The smallest absolute Gasteiger partial charge is 0.225 e. The van der Waals surface area contributed by atoms with Crippen molar-refractivity contribution in [3.63, 3.8) is 0 Å². The third-order valence-electron chi connectivity index (χ3n) is 2.29. The molecule has 0 spiro atoms. The van der Waals surface area contributed by atoms with E-state index < -0.39 is 16.6 Å². The van der Waals surface area contributed by atoms with Gasteiger partial charge in [0.15, 0.2) is 0 Å². The van der Waals surface area contributed by atoms with Crippen LogP contribution < -0.4 is 5.32 Å². The van der Waals surface area contributed by atoms with Gasteiger partial charge in [0.1, 0.15) is 5.82 Å². The summed E-state index contributed by atoms with van der Waals surface area (Å²) in [4.78, 5) is 11.7. The first-order chi connectivity index (χ1) is 7.08. The van der Waals surface area contributed by atoms with Crippen molar-refractivity contribution in [3.8, 4) is 0 Å². The second kappa shape index (κ2) is 3.73. The van der Waals surface area contributed by atoms with Gasteiger partial charge in [-0.3, -0.25) is 9.00 Å². The van der Waals surface area contributed by atoms with Crippen molar-refractivity contribution in [1.29, 1.82) is 0 Å². The number of amides is 1. The van der Waals surface area contributed by atoms with Gasteiger partial charge in [0, 0.05) is 12.2 Å². The van der Waals surface area contributed by atoms with Crippen LogP contribution >= 0.6 is 0 Å². The number of carbonyl (C=O) groups excluding carboxylic acids is 1. The van der Waals surface area contributed by atoms with Gasteiger partial charge in [0.2, 0.25) is 5.91 Å². The number of hydrogen-bond donors (Lipinski definition) is 1. The Morgan fingerprint density at radius 2 is 2.20 bits per heavy atom. The Morgan fingerprint density at radius 1 is 1.47 bits per heavy atom. The molecule has 0 saturated carbocycles. The van der Waals surface area contributed by atoms with Crippen molar-refractivity contribution < 1.29 is 13.4 Å². The summed E-state index contributed by atoms with van der Waals surface area (Å²) in [7, 11) is -1.22. The molecular formula is C10H10FNO2S. The minimum absolute atomic E-state index is 0.210. The molecule has 1 N–H and O–H groups in total. The van der Waals surface area contributed by atoms with E-state index in [1.54, 1.807) is 6.92 Å². The SMILES string of the molecule is Cc1cc2c(cc1F)NC(=O)CCS2=O. The molecule has 0 radical (unpaired) electrons. The number of nitrogens with one attached hydrogen (secondary N) is 1. The van der Waals surface area contributed by atoms with Crippen LogP contribution in [-0.2, 0) is 15.6 Å². The monoisotopic (exact) mass is 227 g/mol. The molecule has 15 heavy (non-hydrogen) atoms. The van der Waals surface area contributed by atoms with Crippen molar-refractivity contribution >= 4 is 22.4 Å². The first kappa shape index (κ1) is 10.3. The van der Waals surface area contributed by atoms with Crippen LogP contribution in [0.15, 0.2) is 17.0 Å². The summed E-state index contributed by atoms with van der Waals surface area (Å²) in [6.45, 7) is 1.61. The van der Waals surface area contributed by atoms with E-state index in [0.717, 1.165) is 0 Å². The highest BCUT2D eigenvalue weighted by Crippen LogP contribution is 2.26. The molecule has 1 aliphatic heterocycles. The predicted octanol–water partition coefficient (Wildman–Crippen LogP) is 1.58. The molecule has 2 rings (SSSR count). The molecule has 0 saturated heterocycles. The number of carbonyl (C=O) groups is 1. The van der Waals surface area contributed by atoms with Gasteiger partial charge >= 0.3 is 0 Å². The molecule has 1 amide bonds. The lowest BCUT2D eigenvalue weighted by atomic mass is 10.2. The van der Waals surface area contributed by atoms with Crippen LogP contribution in [0.5, 0.6) is 0 Å². The Hall–Kier alpha value is -1.23. The number of halogens is 1. The second-order valence-electron chi connectivity index (χ2n) is 3.45. The molecule has 3 nitrogen and oxygen atoms in total. The number of fused-ring (bicyclic) bond motifs is 1. The molecule has 0 aromatic heterocycles. The summed E-state index contributed by atoms with van der Waals surface area (Å²) in [5.74, 6) is -0.317. The average Bonchev–Trinajstić information content (AvgIpc) is 2.30. The van der Waals surface area contributed by atoms with E-state index in [-0.39, 0.29) is 12.3 Å². The van der Waals surface area contributed by atoms with Crippen LogP contribution in [0.1, 0.15) is 12.0 Å². The molecule has 1 heterocycles. The molecule has 1 aromatic rings. The lowest BCUT2D eigenvalue weighted by Crippen LogP contribution is -2.10. The summed E-state index contributed by atoms with van der Waals surface area (Å²) in [6.07, 6.45) is 0.210. The van der Waals surface area contributed by atoms with E-state index >= 15 is 0 Å². The van der Waals surface area contributed by atoms with Gasteiger partial charge in [-0.05, 0) is 24.6 Å². The summed E-state index contributed by atoms with van der Waals surface area (Å²) in [5.41, 5.74) is 0.775. The maximum absolute atomic E-state index is 13.2. The third kappa shape index (κ3) is 1.92. The van der Waals surface area contributed by atoms with Gasteiger partial charge in [0.25, 0.3) is 0 Å². The molecule has 1 atom stereocenters. The minimum Gasteiger partial charge on any atom is -0.325 e. The molecule has 0 aliphatic carbocycles. The Bertz CT molecular complexity index is 459. The molecular weight excluding hydrogens is 217 g/mol.